The van der Waals surface area contributed by atoms with Crippen molar-refractivity contribution < 1.29 is 9.13 Å². The second-order valence-corrected chi connectivity index (χ2v) is 3.71. The van der Waals surface area contributed by atoms with Crippen LogP contribution in [0.15, 0.2) is 42.5 Å². The van der Waals surface area contributed by atoms with E-state index >= 15 is 0 Å². The average molecular weight is 216 g/mol. The standard InChI is InChI=1S/C14H13FO/c1-10-3-8-14(16-2)13(9-10)11-4-6-12(15)7-5-11/h3-9H,1-2H3. The summed E-state index contributed by atoms with van der Waals surface area (Å²) in [5.41, 5.74) is 3.10. The Morgan fingerprint density at radius 2 is 1.69 bits per heavy atom. The molecular weight excluding hydrogens is 203 g/mol. The highest BCUT2D eigenvalue weighted by Gasteiger charge is 2.05. The summed E-state index contributed by atoms with van der Waals surface area (Å²) in [6.45, 7) is 2.02. The lowest BCUT2D eigenvalue weighted by Crippen LogP contribution is -1.89. The first-order valence-corrected chi connectivity index (χ1v) is 5.11. The highest BCUT2D eigenvalue weighted by Crippen LogP contribution is 2.30. The average Bonchev–Trinajstić information content (AvgIpc) is 2.30. The highest BCUT2D eigenvalue weighted by atomic mass is 19.1. The molecule has 0 atom stereocenters. The Balaban J connectivity index is 2.53. The van der Waals surface area contributed by atoms with Crippen molar-refractivity contribution >= 4 is 0 Å². The van der Waals surface area contributed by atoms with Crippen molar-refractivity contribution in [3.8, 4) is 16.9 Å². The fourth-order valence-electron chi connectivity index (χ4n) is 1.68. The summed E-state index contributed by atoms with van der Waals surface area (Å²) in [5, 5.41) is 0. The molecule has 0 heterocycles. The number of benzene rings is 2. The predicted molar refractivity (Wildman–Crippen MR) is 63.1 cm³/mol. The van der Waals surface area contributed by atoms with Crippen molar-refractivity contribution in [3.63, 3.8) is 0 Å². The van der Waals surface area contributed by atoms with Crippen LogP contribution in [0.3, 0.4) is 0 Å². The molecule has 0 N–H and O–H groups in total. The van der Waals surface area contributed by atoms with Gasteiger partial charge >= 0.3 is 0 Å². The fraction of sp³-hybridized carbons (Fsp3) is 0.143. The lowest BCUT2D eigenvalue weighted by atomic mass is 10.0. The van der Waals surface area contributed by atoms with Gasteiger partial charge in [-0.2, -0.15) is 0 Å². The van der Waals surface area contributed by atoms with E-state index in [0.717, 1.165) is 22.4 Å². The Labute approximate surface area is 94.5 Å². The van der Waals surface area contributed by atoms with Crippen molar-refractivity contribution in [3.05, 3.63) is 53.8 Å². The minimum absolute atomic E-state index is 0.227. The number of methoxy groups -OCH3 is 1. The molecule has 2 heteroatoms. The Hall–Kier alpha value is -1.83. The van der Waals surface area contributed by atoms with E-state index in [4.69, 9.17) is 4.74 Å². The van der Waals surface area contributed by atoms with Crippen molar-refractivity contribution in [1.29, 1.82) is 0 Å². The summed E-state index contributed by atoms with van der Waals surface area (Å²) in [6.07, 6.45) is 0. The van der Waals surface area contributed by atoms with Crippen molar-refractivity contribution in [1.82, 2.24) is 0 Å². The Bertz CT molecular complexity index is 489. The van der Waals surface area contributed by atoms with Crippen molar-refractivity contribution in [2.75, 3.05) is 7.11 Å². The molecule has 1 nitrogen and oxygen atoms in total. The van der Waals surface area contributed by atoms with Crippen molar-refractivity contribution in [2.45, 2.75) is 6.92 Å². The zero-order valence-corrected chi connectivity index (χ0v) is 9.33. The van der Waals surface area contributed by atoms with Gasteiger partial charge in [0.25, 0.3) is 0 Å². The van der Waals surface area contributed by atoms with Gasteiger partial charge in [0.05, 0.1) is 7.11 Å². The van der Waals surface area contributed by atoms with Crippen LogP contribution in [0.5, 0.6) is 5.75 Å². The van der Waals surface area contributed by atoms with Gasteiger partial charge in [-0.05, 0) is 36.8 Å². The second-order valence-electron chi connectivity index (χ2n) is 3.71. The quantitative estimate of drug-likeness (QED) is 0.741. The Morgan fingerprint density at radius 1 is 1.00 bits per heavy atom. The van der Waals surface area contributed by atoms with Gasteiger partial charge in [-0.3, -0.25) is 0 Å². The summed E-state index contributed by atoms with van der Waals surface area (Å²) in [5.74, 6) is 0.576. The largest absolute Gasteiger partial charge is 0.496 e. The third-order valence-electron chi connectivity index (χ3n) is 2.51. The molecule has 0 aliphatic carbocycles. The van der Waals surface area contributed by atoms with Crippen LogP contribution in [0, 0.1) is 12.7 Å². The van der Waals surface area contributed by atoms with Gasteiger partial charge in [0.2, 0.25) is 0 Å². The predicted octanol–water partition coefficient (Wildman–Crippen LogP) is 3.81. The van der Waals surface area contributed by atoms with E-state index in [1.165, 1.54) is 12.1 Å². The molecule has 0 aliphatic heterocycles. The van der Waals surface area contributed by atoms with Crippen LogP contribution >= 0.6 is 0 Å². The van der Waals surface area contributed by atoms with E-state index in [-0.39, 0.29) is 5.82 Å². The van der Waals surface area contributed by atoms with Gasteiger partial charge in [0.1, 0.15) is 11.6 Å². The number of rotatable bonds is 2. The molecule has 16 heavy (non-hydrogen) atoms. The van der Waals surface area contributed by atoms with Crippen LogP contribution in [0.4, 0.5) is 4.39 Å². The minimum atomic E-state index is -0.227. The monoisotopic (exact) mass is 216 g/mol. The highest BCUT2D eigenvalue weighted by molar-refractivity contribution is 5.71. The van der Waals surface area contributed by atoms with E-state index in [2.05, 4.69) is 0 Å². The molecule has 0 aliphatic rings. The SMILES string of the molecule is COc1ccc(C)cc1-c1ccc(F)cc1. The van der Waals surface area contributed by atoms with Crippen LogP contribution in [-0.4, -0.2) is 7.11 Å². The van der Waals surface area contributed by atoms with Crippen LogP contribution < -0.4 is 4.74 Å². The maximum absolute atomic E-state index is 12.8. The summed E-state index contributed by atoms with van der Waals surface area (Å²) in [4.78, 5) is 0. The number of aryl methyl sites for hydroxylation is 1. The van der Waals surface area contributed by atoms with Gasteiger partial charge in [-0.15, -0.1) is 0 Å². The third kappa shape index (κ3) is 2.06. The lowest BCUT2D eigenvalue weighted by Gasteiger charge is -2.09. The maximum atomic E-state index is 12.8. The number of halogens is 1. The summed E-state index contributed by atoms with van der Waals surface area (Å²) in [6, 6.07) is 12.4. The maximum Gasteiger partial charge on any atom is 0.126 e. The van der Waals surface area contributed by atoms with Crippen LogP contribution in [0.25, 0.3) is 11.1 Å². The smallest absolute Gasteiger partial charge is 0.126 e. The second kappa shape index (κ2) is 4.35. The molecule has 0 bridgehead atoms. The molecule has 0 radical (unpaired) electrons. The molecule has 82 valence electrons. The molecule has 0 aromatic heterocycles. The zero-order valence-electron chi connectivity index (χ0n) is 9.33. The van der Waals surface area contributed by atoms with Gasteiger partial charge in [-0.25, -0.2) is 4.39 Å². The van der Waals surface area contributed by atoms with Gasteiger partial charge in [0.15, 0.2) is 0 Å². The van der Waals surface area contributed by atoms with Crippen LogP contribution in [0.2, 0.25) is 0 Å². The molecular formula is C14H13FO. The Kier molecular flexibility index (Phi) is 2.91. The molecule has 0 unspecified atom stereocenters. The molecule has 2 aromatic carbocycles. The van der Waals surface area contributed by atoms with E-state index in [9.17, 15) is 4.39 Å². The van der Waals surface area contributed by atoms with Crippen LogP contribution in [0.1, 0.15) is 5.56 Å². The first-order chi connectivity index (χ1) is 7.70. The minimum Gasteiger partial charge on any atom is -0.496 e. The van der Waals surface area contributed by atoms with Crippen molar-refractivity contribution in [2.24, 2.45) is 0 Å². The zero-order chi connectivity index (χ0) is 11.5. The molecule has 2 rings (SSSR count). The van der Waals surface area contributed by atoms with Crippen LogP contribution in [-0.2, 0) is 0 Å². The topological polar surface area (TPSA) is 9.23 Å². The Morgan fingerprint density at radius 3 is 2.31 bits per heavy atom. The fourth-order valence-corrected chi connectivity index (χ4v) is 1.68. The van der Waals surface area contributed by atoms with E-state index in [0.29, 0.717) is 0 Å². The van der Waals surface area contributed by atoms with Gasteiger partial charge in [0, 0.05) is 5.56 Å². The summed E-state index contributed by atoms with van der Waals surface area (Å²) < 4.78 is 18.1. The first kappa shape index (κ1) is 10.7. The third-order valence-corrected chi connectivity index (χ3v) is 2.51. The number of ether oxygens (including phenoxy) is 1. The molecule has 0 amide bonds. The normalized spacial score (nSPS) is 10.2. The number of hydrogen-bond donors (Lipinski definition) is 0. The lowest BCUT2D eigenvalue weighted by molar-refractivity contribution is 0.416. The molecule has 2 aromatic rings. The molecule has 0 fully saturated rings. The number of hydrogen-bond acceptors (Lipinski definition) is 1. The van der Waals surface area contributed by atoms with E-state index in [1.807, 2.05) is 25.1 Å². The van der Waals surface area contributed by atoms with Gasteiger partial charge in [-0.1, -0.05) is 23.8 Å². The molecule has 0 spiro atoms. The molecule has 0 saturated carbocycles. The summed E-state index contributed by atoms with van der Waals surface area (Å²) >= 11 is 0. The summed E-state index contributed by atoms with van der Waals surface area (Å²) in [7, 11) is 1.64. The first-order valence-electron chi connectivity index (χ1n) is 5.11. The van der Waals surface area contributed by atoms with Gasteiger partial charge < -0.3 is 4.74 Å². The van der Waals surface area contributed by atoms with E-state index in [1.54, 1.807) is 19.2 Å². The molecule has 0 saturated heterocycles. The van der Waals surface area contributed by atoms with E-state index < -0.39 is 0 Å².